The van der Waals surface area contributed by atoms with E-state index < -0.39 is 22.0 Å². The SMILES string of the molecule is Cc1ccc(S(=O)(=O)N2CCNC(=O)C2CC(=O)N[C@@H]2CCCc3cc(CN4CCOCC4)ccc32)cc1. The zero-order chi connectivity index (χ0) is 26.7. The van der Waals surface area contributed by atoms with Crippen molar-refractivity contribution in [1.29, 1.82) is 0 Å². The number of carbonyl (C=O) groups is 2. The van der Waals surface area contributed by atoms with E-state index in [1.54, 1.807) is 24.3 Å². The fourth-order valence-corrected chi connectivity index (χ4v) is 7.17. The molecule has 2 aliphatic heterocycles. The largest absolute Gasteiger partial charge is 0.379 e. The number of hydrogen-bond donors (Lipinski definition) is 2. The summed E-state index contributed by atoms with van der Waals surface area (Å²) in [5.41, 5.74) is 4.55. The van der Waals surface area contributed by atoms with Gasteiger partial charge in [0.15, 0.2) is 0 Å². The third kappa shape index (κ3) is 5.93. The monoisotopic (exact) mass is 540 g/mol. The quantitative estimate of drug-likeness (QED) is 0.556. The molecule has 0 bridgehead atoms. The van der Waals surface area contributed by atoms with E-state index in [4.69, 9.17) is 4.74 Å². The Labute approximate surface area is 224 Å². The first-order chi connectivity index (χ1) is 18.3. The Morgan fingerprint density at radius 3 is 2.63 bits per heavy atom. The van der Waals surface area contributed by atoms with Crippen molar-refractivity contribution in [2.45, 2.75) is 56.1 Å². The van der Waals surface area contributed by atoms with Crippen molar-refractivity contribution in [2.75, 3.05) is 39.4 Å². The van der Waals surface area contributed by atoms with Crippen molar-refractivity contribution in [2.24, 2.45) is 0 Å². The lowest BCUT2D eigenvalue weighted by Gasteiger charge is -2.34. The van der Waals surface area contributed by atoms with E-state index in [9.17, 15) is 18.0 Å². The zero-order valence-corrected chi connectivity index (χ0v) is 22.6. The molecule has 2 atom stereocenters. The van der Waals surface area contributed by atoms with E-state index in [1.807, 2.05) is 6.92 Å². The number of benzene rings is 2. The molecule has 2 aromatic rings. The topological polar surface area (TPSA) is 108 Å². The highest BCUT2D eigenvalue weighted by atomic mass is 32.2. The Balaban J connectivity index is 1.27. The van der Waals surface area contributed by atoms with E-state index in [-0.39, 0.29) is 36.4 Å². The van der Waals surface area contributed by atoms with Crippen molar-refractivity contribution < 1.29 is 22.7 Å². The van der Waals surface area contributed by atoms with E-state index >= 15 is 0 Å². The average molecular weight is 541 g/mol. The van der Waals surface area contributed by atoms with Crippen LogP contribution in [0.15, 0.2) is 47.4 Å². The highest BCUT2D eigenvalue weighted by molar-refractivity contribution is 7.89. The molecule has 2 heterocycles. The van der Waals surface area contributed by atoms with Crippen LogP contribution in [0.3, 0.4) is 0 Å². The van der Waals surface area contributed by atoms with Crippen LogP contribution in [-0.2, 0) is 37.3 Å². The second kappa shape index (κ2) is 11.5. The molecule has 2 aromatic carbocycles. The first-order valence-corrected chi connectivity index (χ1v) is 14.8. The van der Waals surface area contributed by atoms with Gasteiger partial charge in [0.1, 0.15) is 6.04 Å². The van der Waals surface area contributed by atoms with Crippen LogP contribution in [0.25, 0.3) is 0 Å². The maximum atomic E-state index is 13.4. The van der Waals surface area contributed by atoms with Gasteiger partial charge >= 0.3 is 0 Å². The highest BCUT2D eigenvalue weighted by Gasteiger charge is 2.40. The number of morpholine rings is 1. The summed E-state index contributed by atoms with van der Waals surface area (Å²) in [6.45, 7) is 6.50. The lowest BCUT2D eigenvalue weighted by Crippen LogP contribution is -2.58. The van der Waals surface area contributed by atoms with Gasteiger partial charge in [-0.05, 0) is 55.0 Å². The molecule has 38 heavy (non-hydrogen) atoms. The van der Waals surface area contributed by atoms with Crippen LogP contribution >= 0.6 is 0 Å². The first kappa shape index (κ1) is 26.8. The molecule has 204 valence electrons. The van der Waals surface area contributed by atoms with Crippen molar-refractivity contribution >= 4 is 21.8 Å². The molecule has 0 radical (unpaired) electrons. The summed E-state index contributed by atoms with van der Waals surface area (Å²) in [6, 6.07) is 11.8. The van der Waals surface area contributed by atoms with Gasteiger partial charge in [0.25, 0.3) is 0 Å². The average Bonchev–Trinajstić information content (AvgIpc) is 2.90. The third-order valence-corrected chi connectivity index (χ3v) is 9.58. The maximum absolute atomic E-state index is 13.4. The molecule has 5 rings (SSSR count). The van der Waals surface area contributed by atoms with Gasteiger partial charge in [0, 0.05) is 32.7 Å². The minimum atomic E-state index is -3.92. The molecule has 0 spiro atoms. The number of nitrogens with zero attached hydrogens (tertiary/aromatic N) is 2. The third-order valence-electron chi connectivity index (χ3n) is 7.65. The fraction of sp³-hybridized carbons (Fsp3) is 0.500. The summed E-state index contributed by atoms with van der Waals surface area (Å²) in [7, 11) is -3.92. The molecule has 1 aliphatic carbocycles. The molecule has 2 saturated heterocycles. The van der Waals surface area contributed by atoms with E-state index in [2.05, 4.69) is 33.7 Å². The lowest BCUT2D eigenvalue weighted by atomic mass is 9.86. The minimum absolute atomic E-state index is 0.122. The van der Waals surface area contributed by atoms with Crippen LogP contribution in [-0.4, -0.2) is 74.9 Å². The summed E-state index contributed by atoms with van der Waals surface area (Å²) in [5, 5.41) is 5.82. The van der Waals surface area contributed by atoms with Gasteiger partial charge in [-0.25, -0.2) is 8.42 Å². The fourth-order valence-electron chi connectivity index (χ4n) is 5.58. The van der Waals surface area contributed by atoms with Gasteiger partial charge in [0.05, 0.1) is 30.6 Å². The van der Waals surface area contributed by atoms with Gasteiger partial charge < -0.3 is 15.4 Å². The van der Waals surface area contributed by atoms with Crippen molar-refractivity contribution in [3.63, 3.8) is 0 Å². The highest BCUT2D eigenvalue weighted by Crippen LogP contribution is 2.31. The molecule has 2 amide bonds. The number of sulfonamides is 1. The number of carbonyl (C=O) groups excluding carboxylic acids is 2. The van der Waals surface area contributed by atoms with Gasteiger partial charge in [-0.2, -0.15) is 4.31 Å². The normalized spacial score (nSPS) is 22.9. The van der Waals surface area contributed by atoms with Crippen LogP contribution in [0.2, 0.25) is 0 Å². The van der Waals surface area contributed by atoms with E-state index in [0.717, 1.165) is 63.2 Å². The standard InChI is InChI=1S/C28H36N4O5S/c1-20-5-8-23(9-6-20)38(35,36)32-12-11-29-28(34)26(32)18-27(33)30-25-4-2-3-22-17-21(7-10-24(22)25)19-31-13-15-37-16-14-31/h5-10,17,25-26H,2-4,11-16,18-19H2,1H3,(H,29,34)(H,30,33)/t25-,26?/m1/s1. The lowest BCUT2D eigenvalue weighted by molar-refractivity contribution is -0.132. The summed E-state index contributed by atoms with van der Waals surface area (Å²) < 4.78 is 33.4. The molecule has 2 N–H and O–H groups in total. The molecule has 1 unspecified atom stereocenters. The molecule has 3 aliphatic rings. The number of rotatable bonds is 7. The number of piperazine rings is 1. The molecular weight excluding hydrogens is 504 g/mol. The van der Waals surface area contributed by atoms with Crippen LogP contribution in [0.4, 0.5) is 0 Å². The first-order valence-electron chi connectivity index (χ1n) is 13.4. The minimum Gasteiger partial charge on any atom is -0.379 e. The van der Waals surface area contributed by atoms with Gasteiger partial charge in [-0.1, -0.05) is 35.9 Å². The number of hydrogen-bond acceptors (Lipinski definition) is 6. The Hall–Kier alpha value is -2.79. The van der Waals surface area contributed by atoms with Gasteiger partial charge in [0.2, 0.25) is 21.8 Å². The Morgan fingerprint density at radius 2 is 1.87 bits per heavy atom. The number of fused-ring (bicyclic) bond motifs is 1. The summed E-state index contributed by atoms with van der Waals surface area (Å²) in [6.07, 6.45) is 2.50. The molecule has 2 fully saturated rings. The number of nitrogens with one attached hydrogen (secondary N) is 2. The maximum Gasteiger partial charge on any atom is 0.243 e. The molecule has 0 saturated carbocycles. The molecule has 9 nitrogen and oxygen atoms in total. The Morgan fingerprint density at radius 1 is 1.11 bits per heavy atom. The smallest absolute Gasteiger partial charge is 0.243 e. The second-order valence-corrected chi connectivity index (χ2v) is 12.3. The predicted octanol–water partition coefficient (Wildman–Crippen LogP) is 1.90. The molecule has 0 aromatic heterocycles. The summed E-state index contributed by atoms with van der Waals surface area (Å²) in [5.74, 6) is -0.773. The van der Waals surface area contributed by atoms with Crippen molar-refractivity contribution in [3.8, 4) is 0 Å². The zero-order valence-electron chi connectivity index (χ0n) is 21.8. The summed E-state index contributed by atoms with van der Waals surface area (Å²) in [4.78, 5) is 28.5. The summed E-state index contributed by atoms with van der Waals surface area (Å²) >= 11 is 0. The van der Waals surface area contributed by atoms with E-state index in [1.165, 1.54) is 15.4 Å². The second-order valence-electron chi connectivity index (χ2n) is 10.4. The van der Waals surface area contributed by atoms with Crippen LogP contribution < -0.4 is 10.6 Å². The van der Waals surface area contributed by atoms with Gasteiger partial charge in [-0.15, -0.1) is 0 Å². The van der Waals surface area contributed by atoms with E-state index in [0.29, 0.717) is 0 Å². The van der Waals surface area contributed by atoms with Crippen LogP contribution in [0.1, 0.15) is 47.6 Å². The number of ether oxygens (including phenoxy) is 1. The van der Waals surface area contributed by atoms with Crippen molar-refractivity contribution in [1.82, 2.24) is 19.8 Å². The molecule has 10 heteroatoms. The predicted molar refractivity (Wildman–Crippen MR) is 143 cm³/mol. The Kier molecular flexibility index (Phi) is 8.13. The number of amides is 2. The number of aryl methyl sites for hydroxylation is 2. The van der Waals surface area contributed by atoms with Crippen molar-refractivity contribution in [3.05, 3.63) is 64.7 Å². The molecular formula is C28H36N4O5S. The van der Waals surface area contributed by atoms with Crippen LogP contribution in [0, 0.1) is 6.92 Å². The van der Waals surface area contributed by atoms with Crippen LogP contribution in [0.5, 0.6) is 0 Å². The Bertz CT molecular complexity index is 1270. The van der Waals surface area contributed by atoms with Gasteiger partial charge in [-0.3, -0.25) is 14.5 Å².